The van der Waals surface area contributed by atoms with Gasteiger partial charge in [-0.15, -0.1) is 0 Å². The predicted molar refractivity (Wildman–Crippen MR) is 67.8 cm³/mol. The maximum atomic E-state index is 10.9. The van der Waals surface area contributed by atoms with Crippen LogP contribution in [0.5, 0.6) is 0 Å². The first-order chi connectivity index (χ1) is 8.18. The zero-order valence-electron chi connectivity index (χ0n) is 8.76. The summed E-state index contributed by atoms with van der Waals surface area (Å²) in [6.45, 7) is 0. The Hall–Kier alpha value is -2.07. The van der Waals surface area contributed by atoms with Gasteiger partial charge in [-0.2, -0.15) is 0 Å². The summed E-state index contributed by atoms with van der Waals surface area (Å²) in [5.74, 6) is 0. The van der Waals surface area contributed by atoms with Crippen molar-refractivity contribution in [3.05, 3.63) is 63.7 Å². The van der Waals surface area contributed by atoms with Crippen LogP contribution >= 0.6 is 11.6 Å². The molecule has 0 fully saturated rings. The first-order valence-corrected chi connectivity index (χ1v) is 5.31. The Kier molecular flexibility index (Phi) is 3.25. The Morgan fingerprint density at radius 2 is 1.76 bits per heavy atom. The molecule has 2 aromatic rings. The summed E-state index contributed by atoms with van der Waals surface area (Å²) in [4.78, 5) is 10.4. The van der Waals surface area contributed by atoms with Crippen LogP contribution in [0.4, 0.5) is 17.1 Å². The van der Waals surface area contributed by atoms with Crippen molar-refractivity contribution < 1.29 is 4.92 Å². The van der Waals surface area contributed by atoms with Crippen molar-refractivity contribution in [3.63, 3.8) is 0 Å². The summed E-state index contributed by atoms with van der Waals surface area (Å²) >= 11 is 5.81. The number of benzene rings is 2. The summed E-state index contributed by atoms with van der Waals surface area (Å²) in [7, 11) is 0. The number of hydrogen-bond acceptors (Lipinski definition) is 3. The number of hydrogen-bond donors (Lipinski definition) is 1. The van der Waals surface area contributed by atoms with Crippen molar-refractivity contribution in [2.24, 2.45) is 0 Å². The molecule has 0 radical (unpaired) electrons. The van der Waals surface area contributed by atoms with Crippen molar-refractivity contribution in [2.75, 3.05) is 5.32 Å². The van der Waals surface area contributed by atoms with Crippen LogP contribution in [0, 0.1) is 10.1 Å². The normalized spacial score (nSPS) is 9.94. The van der Waals surface area contributed by atoms with Crippen molar-refractivity contribution >= 4 is 28.7 Å². The lowest BCUT2D eigenvalue weighted by molar-refractivity contribution is -0.383. The molecule has 17 heavy (non-hydrogen) atoms. The number of rotatable bonds is 3. The zero-order chi connectivity index (χ0) is 12.3. The van der Waals surface area contributed by atoms with Gasteiger partial charge in [-0.1, -0.05) is 35.9 Å². The Morgan fingerprint density at radius 3 is 2.41 bits per heavy atom. The molecule has 0 saturated heterocycles. The molecule has 0 heterocycles. The number of nitro groups is 1. The summed E-state index contributed by atoms with van der Waals surface area (Å²) in [5.41, 5.74) is 1.05. The molecule has 0 atom stereocenters. The van der Waals surface area contributed by atoms with Gasteiger partial charge in [0.2, 0.25) is 0 Å². The van der Waals surface area contributed by atoms with Crippen molar-refractivity contribution in [2.45, 2.75) is 0 Å². The molecule has 0 amide bonds. The monoisotopic (exact) mass is 248 g/mol. The molecular formula is C12H9ClN2O2. The van der Waals surface area contributed by atoms with E-state index in [2.05, 4.69) is 5.32 Å². The van der Waals surface area contributed by atoms with Crippen LogP contribution in [0.1, 0.15) is 0 Å². The first kappa shape index (κ1) is 11.4. The minimum absolute atomic E-state index is 0.113. The third kappa shape index (κ3) is 2.54. The molecule has 0 aliphatic rings. The fourth-order valence-corrected chi connectivity index (χ4v) is 1.72. The minimum Gasteiger partial charge on any atom is -0.350 e. The van der Waals surface area contributed by atoms with E-state index in [1.165, 1.54) is 6.07 Å². The van der Waals surface area contributed by atoms with Crippen LogP contribution in [-0.4, -0.2) is 4.92 Å². The van der Waals surface area contributed by atoms with Gasteiger partial charge in [0.05, 0.1) is 4.92 Å². The Labute approximate surface area is 103 Å². The van der Waals surface area contributed by atoms with E-state index >= 15 is 0 Å². The van der Waals surface area contributed by atoms with Gasteiger partial charge in [0.1, 0.15) is 10.7 Å². The number of nitrogens with zero attached hydrogens (tertiary/aromatic N) is 1. The van der Waals surface area contributed by atoms with E-state index in [1.807, 2.05) is 30.3 Å². The second-order valence-corrected chi connectivity index (χ2v) is 3.79. The maximum absolute atomic E-state index is 10.9. The fraction of sp³-hybridized carbons (Fsp3) is 0. The van der Waals surface area contributed by atoms with E-state index in [0.29, 0.717) is 5.69 Å². The Balaban J connectivity index is 2.40. The van der Waals surface area contributed by atoms with Gasteiger partial charge in [0, 0.05) is 5.69 Å². The summed E-state index contributed by atoms with van der Waals surface area (Å²) in [6.07, 6.45) is 0. The van der Waals surface area contributed by atoms with E-state index in [0.717, 1.165) is 5.69 Å². The summed E-state index contributed by atoms with van der Waals surface area (Å²) < 4.78 is 0. The average molecular weight is 249 g/mol. The second-order valence-electron chi connectivity index (χ2n) is 3.38. The molecular weight excluding hydrogens is 240 g/mol. The highest BCUT2D eigenvalue weighted by molar-refractivity contribution is 6.33. The van der Waals surface area contributed by atoms with E-state index in [1.54, 1.807) is 12.1 Å². The van der Waals surface area contributed by atoms with Crippen molar-refractivity contribution in [1.29, 1.82) is 0 Å². The molecule has 2 rings (SSSR count). The average Bonchev–Trinajstić information content (AvgIpc) is 2.30. The molecule has 0 unspecified atom stereocenters. The third-order valence-electron chi connectivity index (χ3n) is 2.22. The van der Waals surface area contributed by atoms with E-state index < -0.39 is 4.92 Å². The highest BCUT2D eigenvalue weighted by atomic mass is 35.5. The molecule has 0 spiro atoms. The van der Waals surface area contributed by atoms with Crippen LogP contribution < -0.4 is 5.32 Å². The second kappa shape index (κ2) is 4.84. The smallest absolute Gasteiger partial charge is 0.311 e. The minimum atomic E-state index is -0.492. The Bertz CT molecular complexity index is 543. The highest BCUT2D eigenvalue weighted by Crippen LogP contribution is 2.33. The van der Waals surface area contributed by atoms with Crippen LogP contribution in [0.25, 0.3) is 0 Å². The molecule has 5 heteroatoms. The molecule has 0 saturated carbocycles. The fourth-order valence-electron chi connectivity index (χ4n) is 1.48. The van der Waals surface area contributed by atoms with Gasteiger partial charge in [-0.05, 0) is 24.3 Å². The highest BCUT2D eigenvalue weighted by Gasteiger charge is 2.18. The topological polar surface area (TPSA) is 55.2 Å². The predicted octanol–water partition coefficient (Wildman–Crippen LogP) is 3.99. The number of halogens is 1. The van der Waals surface area contributed by atoms with E-state index in [9.17, 15) is 10.1 Å². The molecule has 0 aliphatic heterocycles. The maximum Gasteiger partial charge on any atom is 0.311 e. The van der Waals surface area contributed by atoms with Gasteiger partial charge in [-0.25, -0.2) is 0 Å². The van der Waals surface area contributed by atoms with Gasteiger partial charge >= 0.3 is 5.69 Å². The molecule has 0 aliphatic carbocycles. The van der Waals surface area contributed by atoms with Gasteiger partial charge in [-0.3, -0.25) is 10.1 Å². The lowest BCUT2D eigenvalue weighted by atomic mass is 10.2. The zero-order valence-corrected chi connectivity index (χ0v) is 9.52. The van der Waals surface area contributed by atoms with Crippen LogP contribution in [-0.2, 0) is 0 Å². The lowest BCUT2D eigenvalue weighted by Crippen LogP contribution is -1.97. The van der Waals surface area contributed by atoms with Crippen molar-refractivity contribution in [1.82, 2.24) is 0 Å². The van der Waals surface area contributed by atoms with Gasteiger partial charge in [0.25, 0.3) is 0 Å². The third-order valence-corrected chi connectivity index (χ3v) is 2.53. The Morgan fingerprint density at radius 1 is 1.06 bits per heavy atom. The molecule has 0 aromatic heterocycles. The molecule has 4 nitrogen and oxygen atoms in total. The van der Waals surface area contributed by atoms with E-state index in [4.69, 9.17) is 11.6 Å². The number of anilines is 2. The van der Waals surface area contributed by atoms with Crippen LogP contribution in [0.3, 0.4) is 0 Å². The van der Waals surface area contributed by atoms with Crippen molar-refractivity contribution in [3.8, 4) is 0 Å². The van der Waals surface area contributed by atoms with Gasteiger partial charge in [0.15, 0.2) is 0 Å². The van der Waals surface area contributed by atoms with Crippen LogP contribution in [0.15, 0.2) is 48.5 Å². The van der Waals surface area contributed by atoms with Gasteiger partial charge < -0.3 is 5.32 Å². The number of nitro benzene ring substituents is 1. The first-order valence-electron chi connectivity index (χ1n) is 4.93. The standard InChI is InChI=1S/C12H9ClN2O2/c13-10-7-4-8-11(12(10)15(16)17)14-9-5-2-1-3-6-9/h1-8,14H. The molecule has 0 bridgehead atoms. The largest absolute Gasteiger partial charge is 0.350 e. The summed E-state index contributed by atoms with van der Waals surface area (Å²) in [5, 5.41) is 14.0. The molecule has 2 aromatic carbocycles. The summed E-state index contributed by atoms with van der Waals surface area (Å²) in [6, 6.07) is 14.0. The van der Waals surface area contributed by atoms with E-state index in [-0.39, 0.29) is 10.7 Å². The quantitative estimate of drug-likeness (QED) is 0.660. The molecule has 86 valence electrons. The lowest BCUT2D eigenvalue weighted by Gasteiger charge is -2.07. The number of nitrogens with one attached hydrogen (secondary N) is 1. The SMILES string of the molecule is O=[N+]([O-])c1c(Cl)cccc1Nc1ccccc1. The molecule has 1 N–H and O–H groups in total. The number of para-hydroxylation sites is 2. The van der Waals surface area contributed by atoms with Crippen LogP contribution in [0.2, 0.25) is 5.02 Å².